The van der Waals surface area contributed by atoms with E-state index in [1.807, 2.05) is 0 Å². The van der Waals surface area contributed by atoms with Gasteiger partial charge in [-0.1, -0.05) is 25.7 Å². The van der Waals surface area contributed by atoms with Crippen molar-refractivity contribution in [1.82, 2.24) is 10.2 Å². The second-order valence-electron chi connectivity index (χ2n) is 5.04. The van der Waals surface area contributed by atoms with Gasteiger partial charge in [0, 0.05) is 12.8 Å². The second-order valence-corrected chi connectivity index (χ2v) is 5.04. The molecule has 2 rings (SSSR count). The van der Waals surface area contributed by atoms with Crippen molar-refractivity contribution in [3.63, 3.8) is 0 Å². The zero-order valence-electron chi connectivity index (χ0n) is 10.5. The summed E-state index contributed by atoms with van der Waals surface area (Å²) in [4.78, 5) is 0. The van der Waals surface area contributed by atoms with Crippen molar-refractivity contribution in [3.8, 4) is 0 Å². The standard InChI is InChI=1S/C13H23N3O/c14-9-5-8-12-15-16-13(17-12)10-11-6-3-1-2-4-7-11/h11H,1-10,14H2. The van der Waals surface area contributed by atoms with Gasteiger partial charge in [0.2, 0.25) is 11.8 Å². The molecule has 0 bridgehead atoms. The van der Waals surface area contributed by atoms with Crippen molar-refractivity contribution in [3.05, 3.63) is 11.8 Å². The molecule has 0 saturated heterocycles. The van der Waals surface area contributed by atoms with Crippen LogP contribution in [0, 0.1) is 5.92 Å². The van der Waals surface area contributed by atoms with E-state index in [1.54, 1.807) is 0 Å². The van der Waals surface area contributed by atoms with Crippen molar-refractivity contribution in [1.29, 1.82) is 0 Å². The molecule has 1 aliphatic rings. The van der Waals surface area contributed by atoms with Gasteiger partial charge in [0.25, 0.3) is 0 Å². The molecular weight excluding hydrogens is 214 g/mol. The van der Waals surface area contributed by atoms with E-state index in [2.05, 4.69) is 10.2 Å². The van der Waals surface area contributed by atoms with Crippen LogP contribution in [0.25, 0.3) is 0 Å². The molecule has 0 aliphatic heterocycles. The van der Waals surface area contributed by atoms with Crippen molar-refractivity contribution >= 4 is 0 Å². The highest BCUT2D eigenvalue weighted by Gasteiger charge is 2.16. The van der Waals surface area contributed by atoms with Crippen LogP contribution in [-0.4, -0.2) is 16.7 Å². The lowest BCUT2D eigenvalue weighted by molar-refractivity contribution is 0.378. The molecule has 1 aromatic heterocycles. The van der Waals surface area contributed by atoms with E-state index in [0.29, 0.717) is 6.54 Å². The van der Waals surface area contributed by atoms with Gasteiger partial charge in [0.05, 0.1) is 0 Å². The molecule has 0 spiro atoms. The molecule has 1 heterocycles. The lowest BCUT2D eigenvalue weighted by Gasteiger charge is -2.10. The predicted octanol–water partition coefficient (Wildman–Crippen LogP) is 2.47. The number of rotatable bonds is 5. The molecule has 0 aromatic carbocycles. The first-order valence-corrected chi connectivity index (χ1v) is 6.90. The third kappa shape index (κ3) is 4.11. The smallest absolute Gasteiger partial charge is 0.216 e. The number of nitrogens with zero attached hydrogens (tertiary/aromatic N) is 2. The van der Waals surface area contributed by atoms with Gasteiger partial charge in [0.15, 0.2) is 0 Å². The summed E-state index contributed by atoms with van der Waals surface area (Å²) in [5.41, 5.74) is 5.46. The maximum absolute atomic E-state index is 5.65. The summed E-state index contributed by atoms with van der Waals surface area (Å²) in [5, 5.41) is 8.21. The van der Waals surface area contributed by atoms with Gasteiger partial charge < -0.3 is 10.2 Å². The fourth-order valence-electron chi connectivity index (χ4n) is 2.54. The summed E-state index contributed by atoms with van der Waals surface area (Å²) in [6, 6.07) is 0. The van der Waals surface area contributed by atoms with Crippen molar-refractivity contribution in [2.24, 2.45) is 11.7 Å². The number of aryl methyl sites for hydroxylation is 1. The topological polar surface area (TPSA) is 64.9 Å². The summed E-state index contributed by atoms with van der Waals surface area (Å²) in [6.07, 6.45) is 10.8. The van der Waals surface area contributed by atoms with Crippen LogP contribution in [0.3, 0.4) is 0 Å². The first kappa shape index (κ1) is 12.6. The minimum absolute atomic E-state index is 0.681. The predicted molar refractivity (Wildman–Crippen MR) is 66.6 cm³/mol. The van der Waals surface area contributed by atoms with E-state index >= 15 is 0 Å². The molecule has 1 aliphatic carbocycles. The molecule has 0 amide bonds. The van der Waals surface area contributed by atoms with Crippen LogP contribution in [0.5, 0.6) is 0 Å². The highest BCUT2D eigenvalue weighted by Crippen LogP contribution is 2.25. The Kier molecular flexibility index (Phi) is 4.98. The Morgan fingerprint density at radius 1 is 1.06 bits per heavy atom. The Labute approximate surface area is 103 Å². The third-order valence-corrected chi connectivity index (χ3v) is 3.54. The maximum atomic E-state index is 5.65. The molecule has 0 atom stereocenters. The molecule has 17 heavy (non-hydrogen) atoms. The Morgan fingerprint density at radius 3 is 2.47 bits per heavy atom. The van der Waals surface area contributed by atoms with Crippen LogP contribution in [0.1, 0.15) is 56.7 Å². The molecule has 1 saturated carbocycles. The van der Waals surface area contributed by atoms with Crippen molar-refractivity contribution < 1.29 is 4.42 Å². The Hall–Kier alpha value is -0.900. The molecule has 96 valence electrons. The van der Waals surface area contributed by atoms with Crippen molar-refractivity contribution in [2.75, 3.05) is 6.54 Å². The number of nitrogens with two attached hydrogens (primary N) is 1. The molecule has 4 nitrogen and oxygen atoms in total. The van der Waals surface area contributed by atoms with E-state index in [1.165, 1.54) is 38.5 Å². The minimum atomic E-state index is 0.681. The number of hydrogen-bond acceptors (Lipinski definition) is 4. The summed E-state index contributed by atoms with van der Waals surface area (Å²) in [5.74, 6) is 2.32. The lowest BCUT2D eigenvalue weighted by atomic mass is 9.97. The summed E-state index contributed by atoms with van der Waals surface area (Å²) in [7, 11) is 0. The van der Waals surface area contributed by atoms with Gasteiger partial charge in [-0.2, -0.15) is 0 Å². The highest BCUT2D eigenvalue weighted by molar-refractivity contribution is 4.85. The van der Waals surface area contributed by atoms with E-state index in [0.717, 1.165) is 37.0 Å². The summed E-state index contributed by atoms with van der Waals surface area (Å²) < 4.78 is 5.65. The first-order chi connectivity index (χ1) is 8.38. The molecule has 1 aromatic rings. The van der Waals surface area contributed by atoms with Gasteiger partial charge in [0.1, 0.15) is 0 Å². The fourth-order valence-corrected chi connectivity index (χ4v) is 2.54. The first-order valence-electron chi connectivity index (χ1n) is 6.90. The Balaban J connectivity index is 1.82. The van der Waals surface area contributed by atoms with E-state index in [4.69, 9.17) is 10.2 Å². The maximum Gasteiger partial charge on any atom is 0.216 e. The van der Waals surface area contributed by atoms with Gasteiger partial charge in [-0.05, 0) is 31.7 Å². The third-order valence-electron chi connectivity index (χ3n) is 3.54. The SMILES string of the molecule is NCCCc1nnc(CC2CCCCCC2)o1. The van der Waals surface area contributed by atoms with Crippen LogP contribution in [0.2, 0.25) is 0 Å². The van der Waals surface area contributed by atoms with Crippen LogP contribution in [0.15, 0.2) is 4.42 Å². The fraction of sp³-hybridized carbons (Fsp3) is 0.846. The molecule has 0 radical (unpaired) electrons. The van der Waals surface area contributed by atoms with Gasteiger partial charge in [-0.25, -0.2) is 0 Å². The average Bonchev–Trinajstić information content (AvgIpc) is 2.61. The van der Waals surface area contributed by atoms with Crippen LogP contribution >= 0.6 is 0 Å². The van der Waals surface area contributed by atoms with Gasteiger partial charge in [-0.15, -0.1) is 10.2 Å². The van der Waals surface area contributed by atoms with E-state index < -0.39 is 0 Å². The number of hydrogen-bond donors (Lipinski definition) is 1. The van der Waals surface area contributed by atoms with Gasteiger partial charge in [-0.3, -0.25) is 0 Å². The quantitative estimate of drug-likeness (QED) is 0.799. The molecule has 2 N–H and O–H groups in total. The zero-order chi connectivity index (χ0) is 11.9. The van der Waals surface area contributed by atoms with Crippen LogP contribution in [-0.2, 0) is 12.8 Å². The monoisotopic (exact) mass is 237 g/mol. The molecule has 0 unspecified atom stereocenters. The van der Waals surface area contributed by atoms with Gasteiger partial charge >= 0.3 is 0 Å². The summed E-state index contributed by atoms with van der Waals surface area (Å²) >= 11 is 0. The van der Waals surface area contributed by atoms with E-state index in [9.17, 15) is 0 Å². The minimum Gasteiger partial charge on any atom is -0.425 e. The highest BCUT2D eigenvalue weighted by atomic mass is 16.4. The Morgan fingerprint density at radius 2 is 1.76 bits per heavy atom. The normalized spacial score (nSPS) is 18.2. The number of aromatic nitrogens is 2. The Bertz CT molecular complexity index is 316. The molecule has 1 fully saturated rings. The van der Waals surface area contributed by atoms with Crippen molar-refractivity contribution in [2.45, 2.75) is 57.8 Å². The molecule has 4 heteroatoms. The van der Waals surface area contributed by atoms with Crippen LogP contribution in [0.4, 0.5) is 0 Å². The average molecular weight is 237 g/mol. The molecular formula is C13H23N3O. The second kappa shape index (κ2) is 6.74. The largest absolute Gasteiger partial charge is 0.425 e. The van der Waals surface area contributed by atoms with E-state index in [-0.39, 0.29) is 0 Å². The van der Waals surface area contributed by atoms with Crippen LogP contribution < -0.4 is 5.73 Å². The lowest BCUT2D eigenvalue weighted by Crippen LogP contribution is -2.03. The zero-order valence-corrected chi connectivity index (χ0v) is 10.5. The summed E-state index contributed by atoms with van der Waals surface area (Å²) in [6.45, 7) is 0.681.